The third-order valence-electron chi connectivity index (χ3n) is 3.61. The van der Waals surface area contributed by atoms with E-state index in [1.807, 2.05) is 17.5 Å². The van der Waals surface area contributed by atoms with E-state index in [2.05, 4.69) is 10.3 Å². The molecule has 0 radical (unpaired) electrons. The summed E-state index contributed by atoms with van der Waals surface area (Å²) < 4.78 is 1.15. The maximum absolute atomic E-state index is 12.4. The van der Waals surface area contributed by atoms with Gasteiger partial charge in [0.05, 0.1) is 22.2 Å². The highest BCUT2D eigenvalue weighted by Crippen LogP contribution is 2.16. The Bertz CT molecular complexity index is 981. The molecule has 1 amide bonds. The van der Waals surface area contributed by atoms with Crippen LogP contribution in [0.15, 0.2) is 46.8 Å². The Morgan fingerprint density at radius 3 is 2.92 bits per heavy atom. The number of carbonyl (C=O) groups is 1. The van der Waals surface area contributed by atoms with Crippen molar-refractivity contribution < 1.29 is 9.72 Å². The fourth-order valence-corrected chi connectivity index (χ4v) is 3.07. The highest BCUT2D eigenvalue weighted by atomic mass is 32.1. The van der Waals surface area contributed by atoms with Crippen LogP contribution in [0.1, 0.15) is 4.88 Å². The van der Waals surface area contributed by atoms with Crippen LogP contribution >= 0.6 is 11.3 Å². The highest BCUT2D eigenvalue weighted by Gasteiger charge is 2.12. The van der Waals surface area contributed by atoms with Gasteiger partial charge in [-0.15, -0.1) is 11.3 Å². The molecule has 0 saturated heterocycles. The summed E-state index contributed by atoms with van der Waals surface area (Å²) in [7, 11) is 0. The van der Waals surface area contributed by atoms with Crippen molar-refractivity contribution in [2.45, 2.75) is 13.0 Å². The highest BCUT2D eigenvalue weighted by molar-refractivity contribution is 7.09. The van der Waals surface area contributed by atoms with E-state index in [9.17, 15) is 19.7 Å². The van der Waals surface area contributed by atoms with Crippen molar-refractivity contribution >= 4 is 33.8 Å². The molecular formula is C16H14N4O4S. The number of hydrogen-bond donors (Lipinski definition) is 1. The van der Waals surface area contributed by atoms with E-state index in [0.29, 0.717) is 12.1 Å². The number of nitro benzene ring substituents is 1. The fourth-order valence-electron chi connectivity index (χ4n) is 2.36. The third kappa shape index (κ3) is 3.89. The molecule has 0 spiro atoms. The van der Waals surface area contributed by atoms with Gasteiger partial charge in [0, 0.05) is 23.6 Å². The summed E-state index contributed by atoms with van der Waals surface area (Å²) in [5.74, 6) is -0.315. The van der Waals surface area contributed by atoms with Crippen molar-refractivity contribution in [1.82, 2.24) is 14.9 Å². The topological polar surface area (TPSA) is 107 Å². The molecule has 0 bridgehead atoms. The molecule has 0 aliphatic carbocycles. The maximum Gasteiger partial charge on any atom is 0.270 e. The predicted octanol–water partition coefficient (Wildman–Crippen LogP) is 1.73. The van der Waals surface area contributed by atoms with Crippen molar-refractivity contribution in [3.8, 4) is 0 Å². The molecule has 0 fully saturated rings. The first kappa shape index (κ1) is 16.8. The minimum absolute atomic E-state index is 0.114. The number of aromatic nitrogens is 2. The summed E-state index contributed by atoms with van der Waals surface area (Å²) in [6.07, 6.45) is 2.00. The Labute approximate surface area is 145 Å². The number of amides is 1. The normalized spacial score (nSPS) is 10.7. The Kier molecular flexibility index (Phi) is 4.85. The summed E-state index contributed by atoms with van der Waals surface area (Å²) in [6, 6.07) is 7.81. The summed E-state index contributed by atoms with van der Waals surface area (Å²) in [5, 5.41) is 15.7. The molecule has 1 N–H and O–H groups in total. The van der Waals surface area contributed by atoms with Crippen LogP contribution in [0.4, 0.5) is 5.69 Å². The standard InChI is InChI=1S/C16H14N4O4S/c21-15(17-6-5-12-2-1-7-25-12)9-19-10-18-14-4-3-11(20(23)24)8-13(14)16(19)22/h1-4,7-8,10H,5-6,9H2,(H,17,21). The monoisotopic (exact) mass is 358 g/mol. The molecule has 0 atom stereocenters. The zero-order chi connectivity index (χ0) is 17.8. The van der Waals surface area contributed by atoms with Crippen LogP contribution in [-0.2, 0) is 17.8 Å². The van der Waals surface area contributed by atoms with Gasteiger partial charge in [-0.05, 0) is 23.9 Å². The van der Waals surface area contributed by atoms with E-state index in [1.54, 1.807) is 11.3 Å². The van der Waals surface area contributed by atoms with Crippen LogP contribution < -0.4 is 10.9 Å². The van der Waals surface area contributed by atoms with Crippen LogP contribution in [0.5, 0.6) is 0 Å². The number of thiophene rings is 1. The fraction of sp³-hybridized carbons (Fsp3) is 0.188. The lowest BCUT2D eigenvalue weighted by Crippen LogP contribution is -2.33. The van der Waals surface area contributed by atoms with Gasteiger partial charge in [-0.1, -0.05) is 6.07 Å². The zero-order valence-electron chi connectivity index (χ0n) is 13.0. The number of nitrogens with one attached hydrogen (secondary N) is 1. The number of non-ortho nitro benzene ring substituents is 1. The first-order valence-corrected chi connectivity index (χ1v) is 8.35. The summed E-state index contributed by atoms with van der Waals surface area (Å²) in [5.41, 5.74) is -0.323. The second-order valence-electron chi connectivity index (χ2n) is 5.32. The Morgan fingerprint density at radius 1 is 1.36 bits per heavy atom. The van der Waals surface area contributed by atoms with Gasteiger partial charge < -0.3 is 5.32 Å². The van der Waals surface area contributed by atoms with Crippen LogP contribution in [0.3, 0.4) is 0 Å². The average molecular weight is 358 g/mol. The van der Waals surface area contributed by atoms with Crippen molar-refractivity contribution in [3.63, 3.8) is 0 Å². The molecule has 0 unspecified atom stereocenters. The number of fused-ring (bicyclic) bond motifs is 1. The summed E-state index contributed by atoms with van der Waals surface area (Å²) in [4.78, 5) is 39.9. The quantitative estimate of drug-likeness (QED) is 0.533. The lowest BCUT2D eigenvalue weighted by atomic mass is 10.2. The van der Waals surface area contributed by atoms with Crippen molar-refractivity contribution in [1.29, 1.82) is 0 Å². The molecule has 3 aromatic rings. The molecule has 9 heteroatoms. The lowest BCUT2D eigenvalue weighted by Gasteiger charge is -2.07. The number of benzene rings is 1. The van der Waals surface area contributed by atoms with Crippen LogP contribution in [0.2, 0.25) is 0 Å². The minimum Gasteiger partial charge on any atom is -0.354 e. The lowest BCUT2D eigenvalue weighted by molar-refractivity contribution is -0.384. The van der Waals surface area contributed by atoms with Crippen LogP contribution in [0, 0.1) is 10.1 Å². The number of carbonyl (C=O) groups excluding carboxylic acids is 1. The van der Waals surface area contributed by atoms with Crippen molar-refractivity contribution in [3.05, 3.63) is 67.4 Å². The Morgan fingerprint density at radius 2 is 2.20 bits per heavy atom. The molecule has 2 aromatic heterocycles. The molecule has 2 heterocycles. The summed E-state index contributed by atoms with van der Waals surface area (Å²) in [6.45, 7) is 0.287. The first-order chi connectivity index (χ1) is 12.0. The third-order valence-corrected chi connectivity index (χ3v) is 4.54. The molecule has 8 nitrogen and oxygen atoms in total. The summed E-state index contributed by atoms with van der Waals surface area (Å²) >= 11 is 1.61. The van der Waals surface area contributed by atoms with Gasteiger partial charge in [0.15, 0.2) is 0 Å². The molecular weight excluding hydrogens is 344 g/mol. The largest absolute Gasteiger partial charge is 0.354 e. The number of rotatable bonds is 6. The SMILES string of the molecule is O=C(Cn1cnc2ccc([N+](=O)[O-])cc2c1=O)NCCc1cccs1. The van der Waals surface area contributed by atoms with Gasteiger partial charge >= 0.3 is 0 Å². The first-order valence-electron chi connectivity index (χ1n) is 7.47. The smallest absolute Gasteiger partial charge is 0.270 e. The van der Waals surface area contributed by atoms with E-state index in [4.69, 9.17) is 0 Å². The molecule has 128 valence electrons. The number of hydrogen-bond acceptors (Lipinski definition) is 6. The van der Waals surface area contributed by atoms with Crippen molar-refractivity contribution in [2.75, 3.05) is 6.54 Å². The molecule has 0 aliphatic rings. The van der Waals surface area contributed by atoms with E-state index < -0.39 is 10.5 Å². The molecule has 0 saturated carbocycles. The van der Waals surface area contributed by atoms with E-state index in [1.165, 1.54) is 24.5 Å². The number of nitrogens with zero attached hydrogens (tertiary/aromatic N) is 3. The van der Waals surface area contributed by atoms with Gasteiger partial charge in [0.1, 0.15) is 6.54 Å². The number of nitro groups is 1. The van der Waals surface area contributed by atoms with E-state index >= 15 is 0 Å². The van der Waals surface area contributed by atoms with Gasteiger partial charge in [0.2, 0.25) is 5.91 Å². The van der Waals surface area contributed by atoms with Gasteiger partial charge in [-0.25, -0.2) is 4.98 Å². The van der Waals surface area contributed by atoms with Crippen LogP contribution in [-0.4, -0.2) is 26.9 Å². The minimum atomic E-state index is -0.576. The molecule has 25 heavy (non-hydrogen) atoms. The predicted molar refractivity (Wildman–Crippen MR) is 93.7 cm³/mol. The van der Waals surface area contributed by atoms with Gasteiger partial charge in [-0.2, -0.15) is 0 Å². The second-order valence-corrected chi connectivity index (χ2v) is 6.35. The molecule has 1 aromatic carbocycles. The Balaban J connectivity index is 1.72. The van der Waals surface area contributed by atoms with Gasteiger partial charge in [-0.3, -0.25) is 24.3 Å². The molecule has 3 rings (SSSR count). The van der Waals surface area contributed by atoms with Crippen molar-refractivity contribution in [2.24, 2.45) is 0 Å². The van der Waals surface area contributed by atoms with E-state index in [0.717, 1.165) is 15.9 Å². The van der Waals surface area contributed by atoms with Crippen LogP contribution in [0.25, 0.3) is 10.9 Å². The molecule has 0 aliphatic heterocycles. The zero-order valence-corrected chi connectivity index (χ0v) is 13.9. The maximum atomic E-state index is 12.4. The van der Waals surface area contributed by atoms with Gasteiger partial charge in [0.25, 0.3) is 11.2 Å². The average Bonchev–Trinajstić information content (AvgIpc) is 3.10. The second kappa shape index (κ2) is 7.22. The van der Waals surface area contributed by atoms with E-state index in [-0.39, 0.29) is 23.5 Å². The Hall–Kier alpha value is -3.07.